The number of hydrogen-bond donors (Lipinski definition) is 3. The van der Waals surface area contributed by atoms with Crippen LogP contribution in [0.25, 0.3) is 0 Å². The van der Waals surface area contributed by atoms with Crippen molar-refractivity contribution in [1.29, 1.82) is 0 Å². The summed E-state index contributed by atoms with van der Waals surface area (Å²) in [4.78, 5) is 35.9. The van der Waals surface area contributed by atoms with Gasteiger partial charge >= 0.3 is 12.0 Å². The van der Waals surface area contributed by atoms with Gasteiger partial charge < -0.3 is 25.3 Å². The average molecular weight is 261 g/mol. The predicted molar refractivity (Wildman–Crippen MR) is 63.0 cm³/mol. The smallest absolute Gasteiger partial charge is 0.334 e. The van der Waals surface area contributed by atoms with E-state index in [2.05, 4.69) is 5.32 Å². The van der Waals surface area contributed by atoms with Gasteiger partial charge in [-0.25, -0.2) is 9.59 Å². The zero-order valence-electron chi connectivity index (χ0n) is 10.7. The Hall–Kier alpha value is -1.83. The summed E-state index contributed by atoms with van der Waals surface area (Å²) in [5, 5.41) is 19.7. The summed E-state index contributed by atoms with van der Waals surface area (Å²) in [7, 11) is 3.14. The molecule has 0 aromatic rings. The van der Waals surface area contributed by atoms with E-state index in [1.807, 2.05) is 0 Å². The van der Waals surface area contributed by atoms with Gasteiger partial charge in [0.1, 0.15) is 6.54 Å². The lowest BCUT2D eigenvalue weighted by Crippen LogP contribution is -2.47. The maximum atomic E-state index is 11.6. The number of carbonyl (C=O) groups is 3. The van der Waals surface area contributed by atoms with Crippen molar-refractivity contribution in [1.82, 2.24) is 15.1 Å². The van der Waals surface area contributed by atoms with Crippen LogP contribution in [0.3, 0.4) is 0 Å². The summed E-state index contributed by atoms with van der Waals surface area (Å²) >= 11 is 0. The molecule has 1 atom stereocenters. The molecule has 0 saturated heterocycles. The van der Waals surface area contributed by atoms with Crippen LogP contribution >= 0.6 is 0 Å². The van der Waals surface area contributed by atoms with Gasteiger partial charge in [-0.1, -0.05) is 0 Å². The minimum atomic E-state index is -1.66. The highest BCUT2D eigenvalue weighted by Crippen LogP contribution is 1.92. The van der Waals surface area contributed by atoms with E-state index in [1.165, 1.54) is 9.80 Å². The van der Waals surface area contributed by atoms with Crippen molar-refractivity contribution in [3.05, 3.63) is 0 Å². The Morgan fingerprint density at radius 3 is 2.22 bits per heavy atom. The summed E-state index contributed by atoms with van der Waals surface area (Å²) in [5.74, 6) is -1.66. The molecule has 8 nitrogen and oxygen atoms in total. The number of rotatable bonds is 6. The van der Waals surface area contributed by atoms with Crippen LogP contribution in [0.15, 0.2) is 0 Å². The van der Waals surface area contributed by atoms with Gasteiger partial charge in [-0.15, -0.1) is 0 Å². The van der Waals surface area contributed by atoms with E-state index in [-0.39, 0.29) is 12.5 Å². The molecule has 0 unspecified atom stereocenters. The third-order valence-electron chi connectivity index (χ3n) is 2.23. The van der Waals surface area contributed by atoms with Crippen molar-refractivity contribution in [3.8, 4) is 0 Å². The lowest BCUT2D eigenvalue weighted by Gasteiger charge is -2.22. The molecule has 0 radical (unpaired) electrons. The SMILES string of the molecule is CCN(CC(=O)N(C)C)C(=O)NC[C@H](O)C(=O)O. The minimum absolute atomic E-state index is 0.0987. The molecule has 8 heteroatoms. The Labute approximate surface area is 105 Å². The molecule has 0 heterocycles. The zero-order chi connectivity index (χ0) is 14.3. The lowest BCUT2D eigenvalue weighted by molar-refractivity contribution is -0.146. The molecule has 0 aromatic carbocycles. The molecule has 0 rings (SSSR count). The van der Waals surface area contributed by atoms with Crippen LogP contribution in [0.1, 0.15) is 6.92 Å². The fourth-order valence-corrected chi connectivity index (χ4v) is 1.02. The van der Waals surface area contributed by atoms with Gasteiger partial charge in [-0.05, 0) is 6.92 Å². The molecule has 0 bridgehead atoms. The highest BCUT2D eigenvalue weighted by atomic mass is 16.4. The Kier molecular flexibility index (Phi) is 6.73. The first-order valence-corrected chi connectivity index (χ1v) is 5.43. The lowest BCUT2D eigenvalue weighted by atomic mass is 10.3. The molecule has 0 aliphatic rings. The molecular formula is C10H19N3O5. The second-order valence-electron chi connectivity index (χ2n) is 3.84. The molecule has 18 heavy (non-hydrogen) atoms. The van der Waals surface area contributed by atoms with Crippen LogP contribution in [0.2, 0.25) is 0 Å². The number of aliphatic hydroxyl groups is 1. The maximum absolute atomic E-state index is 11.6. The number of hydrogen-bond acceptors (Lipinski definition) is 4. The standard InChI is InChI=1S/C10H19N3O5/c1-4-13(6-8(15)12(2)3)10(18)11-5-7(14)9(16)17/h7,14H,4-6H2,1-3H3,(H,11,18)(H,16,17)/t7-/m0/s1. The fourth-order valence-electron chi connectivity index (χ4n) is 1.02. The molecule has 0 aliphatic heterocycles. The third-order valence-corrected chi connectivity index (χ3v) is 2.23. The topological polar surface area (TPSA) is 110 Å². The summed E-state index contributed by atoms with van der Waals surface area (Å²) in [6, 6.07) is -0.590. The first-order valence-electron chi connectivity index (χ1n) is 5.43. The van der Waals surface area contributed by atoms with Gasteiger partial charge in [0, 0.05) is 20.6 Å². The number of likely N-dealkylation sites (N-methyl/N-ethyl adjacent to an activating group) is 2. The van der Waals surface area contributed by atoms with Crippen LogP contribution in [-0.4, -0.2) is 77.8 Å². The first-order chi connectivity index (χ1) is 8.29. The van der Waals surface area contributed by atoms with Gasteiger partial charge in [-0.2, -0.15) is 0 Å². The van der Waals surface area contributed by atoms with Crippen molar-refractivity contribution in [2.45, 2.75) is 13.0 Å². The highest BCUT2D eigenvalue weighted by molar-refractivity contribution is 5.84. The normalized spacial score (nSPS) is 11.6. The highest BCUT2D eigenvalue weighted by Gasteiger charge is 2.19. The number of aliphatic carboxylic acids is 1. The second kappa shape index (κ2) is 7.49. The number of nitrogens with zero attached hydrogens (tertiary/aromatic N) is 2. The van der Waals surface area contributed by atoms with Gasteiger partial charge in [0.15, 0.2) is 6.10 Å². The van der Waals surface area contributed by atoms with Crippen molar-refractivity contribution in [3.63, 3.8) is 0 Å². The number of carbonyl (C=O) groups excluding carboxylic acids is 2. The zero-order valence-corrected chi connectivity index (χ0v) is 10.7. The van der Waals surface area contributed by atoms with E-state index >= 15 is 0 Å². The van der Waals surface area contributed by atoms with Crippen LogP contribution in [-0.2, 0) is 9.59 Å². The van der Waals surface area contributed by atoms with E-state index in [4.69, 9.17) is 10.2 Å². The Balaban J connectivity index is 4.27. The molecule has 104 valence electrons. The van der Waals surface area contributed by atoms with Gasteiger partial charge in [-0.3, -0.25) is 4.79 Å². The molecule has 3 N–H and O–H groups in total. The van der Waals surface area contributed by atoms with Crippen molar-refractivity contribution >= 4 is 17.9 Å². The van der Waals surface area contributed by atoms with E-state index in [9.17, 15) is 14.4 Å². The van der Waals surface area contributed by atoms with Crippen molar-refractivity contribution < 1.29 is 24.6 Å². The van der Waals surface area contributed by atoms with E-state index in [0.717, 1.165) is 0 Å². The quantitative estimate of drug-likeness (QED) is 0.542. The number of carboxylic acid groups (broad SMARTS) is 1. The van der Waals surface area contributed by atoms with E-state index < -0.39 is 24.6 Å². The second-order valence-corrected chi connectivity index (χ2v) is 3.84. The fraction of sp³-hybridized carbons (Fsp3) is 0.700. The summed E-state index contributed by atoms with van der Waals surface area (Å²) in [6.45, 7) is 1.49. The largest absolute Gasteiger partial charge is 0.479 e. The Morgan fingerprint density at radius 1 is 1.28 bits per heavy atom. The third kappa shape index (κ3) is 5.48. The van der Waals surface area contributed by atoms with E-state index in [0.29, 0.717) is 6.54 Å². The van der Waals surface area contributed by atoms with Gasteiger partial charge in [0.25, 0.3) is 0 Å². The van der Waals surface area contributed by atoms with Gasteiger partial charge in [0.05, 0.1) is 6.54 Å². The van der Waals surface area contributed by atoms with Crippen LogP contribution < -0.4 is 5.32 Å². The average Bonchev–Trinajstić information content (AvgIpc) is 2.31. The van der Waals surface area contributed by atoms with Crippen LogP contribution in [0.5, 0.6) is 0 Å². The van der Waals surface area contributed by atoms with Crippen molar-refractivity contribution in [2.75, 3.05) is 33.7 Å². The number of carboxylic acids is 1. The molecule has 0 aliphatic carbocycles. The number of aliphatic hydroxyl groups excluding tert-OH is 1. The monoisotopic (exact) mass is 261 g/mol. The number of nitrogens with one attached hydrogen (secondary N) is 1. The summed E-state index contributed by atoms with van der Waals surface area (Å²) < 4.78 is 0. The maximum Gasteiger partial charge on any atom is 0.334 e. The van der Waals surface area contributed by atoms with Crippen LogP contribution in [0.4, 0.5) is 4.79 Å². The van der Waals surface area contributed by atoms with Gasteiger partial charge in [0.2, 0.25) is 5.91 Å². The molecule has 3 amide bonds. The van der Waals surface area contributed by atoms with E-state index in [1.54, 1.807) is 21.0 Å². The predicted octanol–water partition coefficient (Wildman–Crippen LogP) is -1.45. The Morgan fingerprint density at radius 2 is 1.83 bits per heavy atom. The number of amides is 3. The van der Waals surface area contributed by atoms with Crippen LogP contribution in [0, 0.1) is 0 Å². The Bertz CT molecular complexity index is 319. The summed E-state index contributed by atoms with van der Waals surface area (Å²) in [6.07, 6.45) is -1.66. The molecule has 0 aromatic heterocycles. The number of urea groups is 1. The first kappa shape index (κ1) is 16.2. The van der Waals surface area contributed by atoms with Crippen molar-refractivity contribution in [2.24, 2.45) is 0 Å². The molecule has 0 saturated carbocycles. The minimum Gasteiger partial charge on any atom is -0.479 e. The molecule has 0 spiro atoms. The molecule has 0 fully saturated rings. The molecular weight excluding hydrogens is 242 g/mol. The summed E-state index contributed by atoms with van der Waals surface area (Å²) in [5.41, 5.74) is 0.